The highest BCUT2D eigenvalue weighted by Crippen LogP contribution is 2.67. The van der Waals surface area contributed by atoms with E-state index in [2.05, 4.69) is 37.1 Å². The first-order valence-electron chi connectivity index (χ1n) is 16.0. The summed E-state index contributed by atoms with van der Waals surface area (Å²) in [4.78, 5) is 0. The molecule has 0 heterocycles. The molecule has 8 atom stereocenters. The largest absolute Gasteiger partial charge is 0.392 e. The number of nitrogens with one attached hydrogen (secondary N) is 2. The number of benzene rings is 2. The molecule has 4 aliphatic rings. The molecule has 10 heteroatoms. The third-order valence-electron chi connectivity index (χ3n) is 12.9. The predicted molar refractivity (Wildman–Crippen MR) is 171 cm³/mol. The summed E-state index contributed by atoms with van der Waals surface area (Å²) in [5, 5.41) is 22.2. The number of rotatable bonds is 11. The molecule has 44 heavy (non-hydrogen) atoms. The van der Waals surface area contributed by atoms with Crippen molar-refractivity contribution in [1.82, 2.24) is 9.44 Å². The zero-order valence-corrected chi connectivity index (χ0v) is 27.9. The van der Waals surface area contributed by atoms with Crippen LogP contribution in [0.15, 0.2) is 60.7 Å². The minimum Gasteiger partial charge on any atom is -0.392 e. The number of sulfonamides is 2. The second kappa shape index (κ2) is 10.9. The maximum absolute atomic E-state index is 14.2. The van der Waals surface area contributed by atoms with Crippen molar-refractivity contribution >= 4 is 20.0 Å². The van der Waals surface area contributed by atoms with Crippen molar-refractivity contribution in [1.29, 1.82) is 0 Å². The van der Waals surface area contributed by atoms with E-state index in [1.165, 1.54) is 0 Å². The number of hydrogen-bond donors (Lipinski definition) is 4. The standard InChI is InChI=1S/C34H48N2O6S2/c1-31(2)25-15-17-33(31,27(37)19-25)21-43(39,40)35-29(23-11-7-5-8-12-23)30(24-13-9-6-10-14-24)36-44(41,42)22-34-18-16-26(20-28(34)38)32(34,3)4/h5-14,25-30,35-38H,15-22H2,1-4H3/t25-,26-,27-,28-,29-,30-,33-,34-/m1/s1. The van der Waals surface area contributed by atoms with Crippen molar-refractivity contribution in [2.45, 2.75) is 90.5 Å². The second-order valence-corrected chi connectivity index (χ2v) is 18.8. The second-order valence-electron chi connectivity index (χ2n) is 15.3. The van der Waals surface area contributed by atoms with Crippen molar-refractivity contribution in [3.63, 3.8) is 0 Å². The van der Waals surface area contributed by atoms with Crippen molar-refractivity contribution in [3.8, 4) is 0 Å². The SMILES string of the molecule is CC1(C)[C@@H]2CC[C@@]1(CS(=O)(=O)N[C@H](c1ccccc1)[C@H](NS(=O)(=O)C[C@]13CC[C@H](C[C@H]1O)C3(C)C)c1ccccc1)[C@H](O)C2. The van der Waals surface area contributed by atoms with E-state index in [9.17, 15) is 27.0 Å². The Kier molecular flexibility index (Phi) is 7.94. The van der Waals surface area contributed by atoms with Gasteiger partial charge in [-0.05, 0) is 72.3 Å². The molecule has 4 fully saturated rings. The van der Waals surface area contributed by atoms with Crippen molar-refractivity contribution in [2.75, 3.05) is 11.5 Å². The van der Waals surface area contributed by atoms with Crippen molar-refractivity contribution in [3.05, 3.63) is 71.8 Å². The van der Waals surface area contributed by atoms with Crippen LogP contribution >= 0.6 is 0 Å². The maximum atomic E-state index is 14.2. The van der Waals surface area contributed by atoms with Crippen LogP contribution in [0.25, 0.3) is 0 Å². The predicted octanol–water partition coefficient (Wildman–Crippen LogP) is 4.68. The van der Waals surface area contributed by atoms with Gasteiger partial charge in [0, 0.05) is 10.8 Å². The van der Waals surface area contributed by atoms with Gasteiger partial charge < -0.3 is 10.2 Å². The highest BCUT2D eigenvalue weighted by molar-refractivity contribution is 7.89. The molecule has 242 valence electrons. The van der Waals surface area contributed by atoms with E-state index in [1.807, 2.05) is 36.4 Å². The Bertz CT molecular complexity index is 1460. The summed E-state index contributed by atoms with van der Waals surface area (Å²) in [6, 6.07) is 16.2. The molecule has 2 aromatic carbocycles. The van der Waals surface area contributed by atoms with Crippen LogP contribution in [0, 0.1) is 33.5 Å². The third kappa shape index (κ3) is 5.08. The number of hydrogen-bond acceptors (Lipinski definition) is 6. The summed E-state index contributed by atoms with van der Waals surface area (Å²) in [5.74, 6) is 0.0813. The molecule has 4 saturated carbocycles. The molecule has 0 aromatic heterocycles. The molecular weight excluding hydrogens is 597 g/mol. The molecule has 6 rings (SSSR count). The fourth-order valence-electron chi connectivity index (χ4n) is 9.88. The van der Waals surface area contributed by atoms with Gasteiger partial charge in [-0.1, -0.05) is 88.4 Å². The molecule has 0 unspecified atom stereocenters. The van der Waals surface area contributed by atoms with E-state index in [1.54, 1.807) is 24.3 Å². The number of aliphatic hydroxyl groups is 2. The van der Waals surface area contributed by atoms with Crippen molar-refractivity contribution < 1.29 is 27.0 Å². The number of fused-ring (bicyclic) bond motifs is 4. The van der Waals surface area contributed by atoms with E-state index in [4.69, 9.17) is 0 Å². The van der Waals surface area contributed by atoms with Gasteiger partial charge in [0.05, 0.1) is 35.8 Å². The molecule has 0 radical (unpaired) electrons. The summed E-state index contributed by atoms with van der Waals surface area (Å²) in [6.45, 7) is 8.27. The molecule has 4 bridgehead atoms. The fourth-order valence-corrected chi connectivity index (χ4v) is 14.1. The highest BCUT2D eigenvalue weighted by atomic mass is 32.2. The van der Waals surface area contributed by atoms with Gasteiger partial charge in [-0.15, -0.1) is 0 Å². The van der Waals surface area contributed by atoms with Crippen LogP contribution in [0.2, 0.25) is 0 Å². The maximum Gasteiger partial charge on any atom is 0.212 e. The quantitative estimate of drug-likeness (QED) is 0.281. The highest BCUT2D eigenvalue weighted by Gasteiger charge is 2.66. The molecule has 0 amide bonds. The Morgan fingerprint density at radius 2 is 1.00 bits per heavy atom. The third-order valence-corrected chi connectivity index (χ3v) is 16.0. The zero-order valence-electron chi connectivity index (χ0n) is 26.2. The summed E-state index contributed by atoms with van der Waals surface area (Å²) in [7, 11) is -8.03. The van der Waals surface area contributed by atoms with E-state index in [0.717, 1.165) is 12.8 Å². The average molecular weight is 645 g/mol. The molecule has 2 aromatic rings. The van der Waals surface area contributed by atoms with Gasteiger partial charge in [0.1, 0.15) is 0 Å². The molecule has 8 nitrogen and oxygen atoms in total. The average Bonchev–Trinajstić information content (AvgIpc) is 3.48. The summed E-state index contributed by atoms with van der Waals surface area (Å²) in [5.41, 5.74) is -0.958. The summed E-state index contributed by atoms with van der Waals surface area (Å²) >= 11 is 0. The first-order chi connectivity index (χ1) is 20.5. The van der Waals surface area contributed by atoms with Gasteiger partial charge >= 0.3 is 0 Å². The normalized spacial score (nSPS) is 35.1. The lowest BCUT2D eigenvalue weighted by Crippen LogP contribution is -2.50. The lowest BCUT2D eigenvalue weighted by Gasteiger charge is -2.41. The van der Waals surface area contributed by atoms with E-state index in [0.29, 0.717) is 36.8 Å². The van der Waals surface area contributed by atoms with Gasteiger partial charge in [0.15, 0.2) is 0 Å². The zero-order chi connectivity index (χ0) is 31.8. The van der Waals surface area contributed by atoms with E-state index >= 15 is 0 Å². The molecular formula is C34H48N2O6S2. The van der Waals surface area contributed by atoms with Crippen LogP contribution in [0.3, 0.4) is 0 Å². The van der Waals surface area contributed by atoms with Gasteiger partial charge in [0.25, 0.3) is 0 Å². The Labute approximate surface area is 263 Å². The molecule has 4 aliphatic carbocycles. The van der Waals surface area contributed by atoms with Crippen LogP contribution in [0.1, 0.15) is 89.4 Å². The Morgan fingerprint density at radius 1 is 0.659 bits per heavy atom. The minimum atomic E-state index is -4.01. The fraction of sp³-hybridized carbons (Fsp3) is 0.647. The van der Waals surface area contributed by atoms with Crippen LogP contribution < -0.4 is 9.44 Å². The Balaban J connectivity index is 1.36. The molecule has 0 spiro atoms. The Hall–Kier alpha value is -1.82. The van der Waals surface area contributed by atoms with Crippen LogP contribution in [-0.2, 0) is 20.0 Å². The monoisotopic (exact) mass is 644 g/mol. The van der Waals surface area contributed by atoms with E-state index in [-0.39, 0.29) is 34.2 Å². The first-order valence-corrected chi connectivity index (χ1v) is 19.3. The van der Waals surface area contributed by atoms with Gasteiger partial charge in [-0.3, -0.25) is 0 Å². The lowest BCUT2D eigenvalue weighted by atomic mass is 9.70. The van der Waals surface area contributed by atoms with Gasteiger partial charge in [-0.25, -0.2) is 26.3 Å². The Morgan fingerprint density at radius 3 is 1.27 bits per heavy atom. The first kappa shape index (κ1) is 32.1. The lowest BCUT2D eigenvalue weighted by molar-refractivity contribution is 0.0149. The van der Waals surface area contributed by atoms with Crippen LogP contribution in [-0.4, -0.2) is 50.8 Å². The minimum absolute atomic E-state index is 0.229. The molecule has 0 saturated heterocycles. The van der Waals surface area contributed by atoms with Gasteiger partial charge in [-0.2, -0.15) is 0 Å². The van der Waals surface area contributed by atoms with Crippen LogP contribution in [0.5, 0.6) is 0 Å². The summed E-state index contributed by atoms with van der Waals surface area (Å²) in [6.07, 6.45) is 2.84. The number of aliphatic hydroxyl groups excluding tert-OH is 2. The molecule has 4 N–H and O–H groups in total. The van der Waals surface area contributed by atoms with Gasteiger partial charge in [0.2, 0.25) is 20.0 Å². The topological polar surface area (TPSA) is 133 Å². The van der Waals surface area contributed by atoms with Crippen LogP contribution in [0.4, 0.5) is 0 Å². The molecule has 0 aliphatic heterocycles. The smallest absolute Gasteiger partial charge is 0.212 e. The van der Waals surface area contributed by atoms with Crippen molar-refractivity contribution in [2.24, 2.45) is 33.5 Å². The van der Waals surface area contributed by atoms with E-state index < -0.39 is 55.2 Å². The summed E-state index contributed by atoms with van der Waals surface area (Å²) < 4.78 is 62.5.